The Morgan fingerprint density at radius 1 is 1.14 bits per heavy atom. The van der Waals surface area contributed by atoms with Gasteiger partial charge in [-0.1, -0.05) is 23.8 Å². The summed E-state index contributed by atoms with van der Waals surface area (Å²) in [5.41, 5.74) is 0.708. The van der Waals surface area contributed by atoms with E-state index in [9.17, 15) is 9.59 Å². The number of carbonyl (C=O) groups excluding carboxylic acids is 2. The molecule has 142 valence electrons. The summed E-state index contributed by atoms with van der Waals surface area (Å²) in [5, 5.41) is 5.70. The minimum atomic E-state index is -0.262. The van der Waals surface area contributed by atoms with Crippen LogP contribution in [0.5, 0.6) is 5.75 Å². The van der Waals surface area contributed by atoms with E-state index in [-0.39, 0.29) is 35.5 Å². The predicted octanol–water partition coefficient (Wildman–Crippen LogP) is 3.75. The highest BCUT2D eigenvalue weighted by atomic mass is 35.5. The standard InChI is InChI=1S/C21H17ClN2O4/c1-27-16-6-4-13(22)9-15(16)17-7-5-14(28-17)10-23-24-20(25)18-11-2-3-12(8-11)19(18)21(24)26/h2-7,9-12,18-19H,8H2,1H3/b23-10-/t11-,12-,18-,19-/m0/s1. The summed E-state index contributed by atoms with van der Waals surface area (Å²) in [6.45, 7) is 0. The minimum absolute atomic E-state index is 0.164. The number of methoxy groups -OCH3 is 1. The van der Waals surface area contributed by atoms with E-state index in [0.717, 1.165) is 11.4 Å². The van der Waals surface area contributed by atoms with Crippen LogP contribution in [-0.2, 0) is 9.59 Å². The number of benzene rings is 1. The van der Waals surface area contributed by atoms with Crippen LogP contribution in [0.2, 0.25) is 5.02 Å². The van der Waals surface area contributed by atoms with Crippen LogP contribution in [0.1, 0.15) is 12.2 Å². The average molecular weight is 397 g/mol. The number of nitrogens with zero attached hydrogens (tertiary/aromatic N) is 2. The zero-order chi connectivity index (χ0) is 19.4. The SMILES string of the molecule is COc1ccc(Cl)cc1-c1ccc(/C=N\N2C(=O)[C@@H]3[C@@H](C2=O)[C@H]2C=C[C@H]3C2)o1. The van der Waals surface area contributed by atoms with Crippen molar-refractivity contribution in [2.45, 2.75) is 6.42 Å². The quantitative estimate of drug-likeness (QED) is 0.448. The third-order valence-corrected chi connectivity index (χ3v) is 6.04. The Labute approximate surface area is 166 Å². The van der Waals surface area contributed by atoms with Crippen molar-refractivity contribution in [3.63, 3.8) is 0 Å². The molecular weight excluding hydrogens is 380 g/mol. The molecule has 0 unspecified atom stereocenters. The Balaban J connectivity index is 1.38. The lowest BCUT2D eigenvalue weighted by Crippen LogP contribution is -2.28. The van der Waals surface area contributed by atoms with Crippen molar-refractivity contribution in [1.29, 1.82) is 0 Å². The normalized spacial score (nSPS) is 28.0. The van der Waals surface area contributed by atoms with Crippen molar-refractivity contribution in [1.82, 2.24) is 5.01 Å². The van der Waals surface area contributed by atoms with Crippen LogP contribution >= 0.6 is 11.6 Å². The number of amides is 2. The summed E-state index contributed by atoms with van der Waals surface area (Å²) in [6.07, 6.45) is 6.41. The van der Waals surface area contributed by atoms with Gasteiger partial charge >= 0.3 is 0 Å². The molecule has 1 saturated carbocycles. The topological polar surface area (TPSA) is 72.1 Å². The number of rotatable bonds is 4. The van der Waals surface area contributed by atoms with Gasteiger partial charge in [-0.2, -0.15) is 10.1 Å². The lowest BCUT2D eigenvalue weighted by atomic mass is 9.85. The Hall–Kier alpha value is -2.86. The molecule has 2 bridgehead atoms. The van der Waals surface area contributed by atoms with E-state index < -0.39 is 0 Å². The maximum Gasteiger partial charge on any atom is 0.254 e. The number of carbonyl (C=O) groups is 2. The van der Waals surface area contributed by atoms with Crippen LogP contribution in [0.4, 0.5) is 0 Å². The summed E-state index contributed by atoms with van der Waals surface area (Å²) in [4.78, 5) is 25.3. The van der Waals surface area contributed by atoms with Gasteiger partial charge in [0.2, 0.25) is 0 Å². The number of furan rings is 1. The second-order valence-corrected chi connectivity index (χ2v) is 7.72. The van der Waals surface area contributed by atoms with Gasteiger partial charge in [-0.3, -0.25) is 9.59 Å². The maximum atomic E-state index is 12.7. The van der Waals surface area contributed by atoms with E-state index in [0.29, 0.717) is 27.9 Å². The van der Waals surface area contributed by atoms with Crippen LogP contribution < -0.4 is 4.74 Å². The molecule has 2 amide bonds. The first-order valence-corrected chi connectivity index (χ1v) is 9.48. The summed E-state index contributed by atoms with van der Waals surface area (Å²) >= 11 is 6.07. The number of allylic oxidation sites excluding steroid dienone is 2. The van der Waals surface area contributed by atoms with E-state index in [1.165, 1.54) is 6.21 Å². The van der Waals surface area contributed by atoms with Crippen LogP contribution in [0.25, 0.3) is 11.3 Å². The second-order valence-electron chi connectivity index (χ2n) is 7.28. The highest BCUT2D eigenvalue weighted by Crippen LogP contribution is 2.52. The van der Waals surface area contributed by atoms with Crippen LogP contribution in [0, 0.1) is 23.7 Å². The Kier molecular flexibility index (Phi) is 3.91. The molecule has 1 saturated heterocycles. The molecular formula is C21H17ClN2O4. The number of halogens is 1. The van der Waals surface area contributed by atoms with Gasteiger partial charge in [0.15, 0.2) is 0 Å². The molecule has 3 aliphatic rings. The number of hydrogen-bond acceptors (Lipinski definition) is 5. The van der Waals surface area contributed by atoms with Gasteiger partial charge in [0, 0.05) is 5.02 Å². The van der Waals surface area contributed by atoms with Gasteiger partial charge in [-0.25, -0.2) is 0 Å². The maximum absolute atomic E-state index is 12.7. The summed E-state index contributed by atoms with van der Waals surface area (Å²) < 4.78 is 11.1. The van der Waals surface area contributed by atoms with Gasteiger partial charge in [-0.05, 0) is 48.6 Å². The average Bonchev–Trinajstić information content (AvgIpc) is 3.46. The van der Waals surface area contributed by atoms with E-state index >= 15 is 0 Å². The second kappa shape index (κ2) is 6.34. The highest BCUT2D eigenvalue weighted by Gasteiger charge is 2.59. The lowest BCUT2D eigenvalue weighted by molar-refractivity contribution is -0.140. The monoisotopic (exact) mass is 396 g/mol. The zero-order valence-corrected chi connectivity index (χ0v) is 15.8. The van der Waals surface area contributed by atoms with Crippen molar-refractivity contribution in [3.8, 4) is 17.1 Å². The van der Waals surface area contributed by atoms with E-state index in [4.69, 9.17) is 20.8 Å². The molecule has 0 N–H and O–H groups in total. The molecule has 2 aromatic rings. The number of hydrazone groups is 1. The molecule has 5 rings (SSSR count). The van der Waals surface area contributed by atoms with Gasteiger partial charge in [0.05, 0.1) is 30.7 Å². The number of hydrogen-bond donors (Lipinski definition) is 0. The van der Waals surface area contributed by atoms with Gasteiger partial charge in [0.25, 0.3) is 11.8 Å². The largest absolute Gasteiger partial charge is 0.496 e. The van der Waals surface area contributed by atoms with Gasteiger partial charge in [0.1, 0.15) is 17.3 Å². The van der Waals surface area contributed by atoms with Crippen molar-refractivity contribution in [3.05, 3.63) is 53.3 Å². The third-order valence-electron chi connectivity index (χ3n) is 5.80. The fourth-order valence-electron chi connectivity index (χ4n) is 4.55. The van der Waals surface area contributed by atoms with Gasteiger partial charge < -0.3 is 9.15 Å². The molecule has 2 aliphatic carbocycles. The van der Waals surface area contributed by atoms with Crippen molar-refractivity contribution in [2.24, 2.45) is 28.8 Å². The molecule has 6 nitrogen and oxygen atoms in total. The van der Waals surface area contributed by atoms with Crippen LogP contribution in [0.15, 0.2) is 52.0 Å². The lowest BCUT2D eigenvalue weighted by Gasteiger charge is -2.13. The summed E-state index contributed by atoms with van der Waals surface area (Å²) in [5.74, 6) is 0.981. The van der Waals surface area contributed by atoms with E-state index in [2.05, 4.69) is 17.3 Å². The zero-order valence-electron chi connectivity index (χ0n) is 15.0. The fourth-order valence-corrected chi connectivity index (χ4v) is 4.73. The van der Waals surface area contributed by atoms with Gasteiger partial charge in [-0.15, -0.1) is 0 Å². The van der Waals surface area contributed by atoms with Crippen molar-refractivity contribution < 1.29 is 18.7 Å². The third kappa shape index (κ3) is 2.52. The first-order chi connectivity index (χ1) is 13.6. The van der Waals surface area contributed by atoms with Crippen LogP contribution in [-0.4, -0.2) is 30.1 Å². The Bertz CT molecular complexity index is 1010. The Morgan fingerprint density at radius 2 is 1.86 bits per heavy atom. The summed E-state index contributed by atoms with van der Waals surface area (Å²) in [6, 6.07) is 8.73. The molecule has 0 spiro atoms. The van der Waals surface area contributed by atoms with Crippen molar-refractivity contribution in [2.75, 3.05) is 7.11 Å². The highest BCUT2D eigenvalue weighted by molar-refractivity contribution is 6.31. The van der Waals surface area contributed by atoms with E-state index in [1.54, 1.807) is 37.4 Å². The fraction of sp³-hybridized carbons (Fsp3) is 0.286. The molecule has 7 heteroatoms. The molecule has 1 aromatic heterocycles. The first-order valence-electron chi connectivity index (χ1n) is 9.10. The molecule has 0 radical (unpaired) electrons. The smallest absolute Gasteiger partial charge is 0.254 e. The van der Waals surface area contributed by atoms with Crippen LogP contribution in [0.3, 0.4) is 0 Å². The molecule has 28 heavy (non-hydrogen) atoms. The first kappa shape index (κ1) is 17.3. The molecule has 2 fully saturated rings. The molecule has 1 aromatic carbocycles. The number of imide groups is 1. The number of fused-ring (bicyclic) bond motifs is 5. The number of ether oxygens (including phenoxy) is 1. The van der Waals surface area contributed by atoms with E-state index in [1.807, 2.05) is 0 Å². The molecule has 1 aliphatic heterocycles. The summed E-state index contributed by atoms with van der Waals surface area (Å²) in [7, 11) is 1.57. The Morgan fingerprint density at radius 3 is 2.54 bits per heavy atom. The molecule has 2 heterocycles. The minimum Gasteiger partial charge on any atom is -0.496 e. The predicted molar refractivity (Wildman–Crippen MR) is 103 cm³/mol. The van der Waals surface area contributed by atoms with Crippen molar-refractivity contribution >= 4 is 29.6 Å². The molecule has 4 atom stereocenters.